The Labute approximate surface area is 69.4 Å². The van der Waals surface area contributed by atoms with Gasteiger partial charge in [0.25, 0.3) is 5.91 Å². The molecule has 0 aromatic heterocycles. The maximum absolute atomic E-state index is 10.9. The largest absolute Gasteiger partial charge is 0.410 e. The van der Waals surface area contributed by atoms with Crippen molar-refractivity contribution in [3.05, 3.63) is 12.7 Å². The molecule has 11 heavy (non-hydrogen) atoms. The van der Waals surface area contributed by atoms with Gasteiger partial charge in [-0.15, -0.1) is 18.3 Å². The van der Waals surface area contributed by atoms with Gasteiger partial charge in [0, 0.05) is 6.54 Å². The Balaban J connectivity index is 3.90. The van der Waals surface area contributed by atoms with Crippen LogP contribution in [0.25, 0.3) is 0 Å². The highest BCUT2D eigenvalue weighted by atomic mass is 32.2. The Kier molecular flexibility index (Phi) is 5.28. The van der Waals surface area contributed by atoms with Crippen molar-refractivity contribution in [2.75, 3.05) is 12.8 Å². The molecule has 2 N–H and O–H groups in total. The summed E-state index contributed by atoms with van der Waals surface area (Å²) in [5, 5.41) is 13.6. The molecule has 0 aliphatic rings. The van der Waals surface area contributed by atoms with E-state index >= 15 is 0 Å². The Hall–Kier alpha value is -0.970. The lowest BCUT2D eigenvalue weighted by molar-refractivity contribution is -0.114. The van der Waals surface area contributed by atoms with Crippen molar-refractivity contribution in [2.45, 2.75) is 0 Å². The molecule has 0 saturated heterocycles. The van der Waals surface area contributed by atoms with Crippen LogP contribution in [0.5, 0.6) is 0 Å². The van der Waals surface area contributed by atoms with Crippen LogP contribution >= 0.6 is 11.8 Å². The van der Waals surface area contributed by atoms with E-state index in [4.69, 9.17) is 5.21 Å². The number of hydrogen-bond donors (Lipinski definition) is 2. The first kappa shape index (κ1) is 10.0. The highest BCUT2D eigenvalue weighted by Crippen LogP contribution is 1.96. The van der Waals surface area contributed by atoms with Crippen molar-refractivity contribution in [3.63, 3.8) is 0 Å². The number of oxime groups is 1. The van der Waals surface area contributed by atoms with Gasteiger partial charge in [0.15, 0.2) is 5.04 Å². The van der Waals surface area contributed by atoms with Crippen LogP contribution in [0, 0.1) is 0 Å². The third-order valence-corrected chi connectivity index (χ3v) is 1.54. The Bertz CT molecular complexity index is 179. The molecule has 0 radical (unpaired) electrons. The smallest absolute Gasteiger partial charge is 0.280 e. The third-order valence-electron chi connectivity index (χ3n) is 0.885. The normalized spacial score (nSPS) is 10.8. The summed E-state index contributed by atoms with van der Waals surface area (Å²) >= 11 is 1.08. The molecule has 0 unspecified atom stereocenters. The standard InChI is InChI=1S/C6H10N2O2S/c1-3-4-7-5(9)6(8-10)11-2/h3,10H,1,4H2,2H3,(H,7,9)/b8-6+. The van der Waals surface area contributed by atoms with E-state index in [0.29, 0.717) is 6.54 Å². The zero-order valence-electron chi connectivity index (χ0n) is 6.20. The lowest BCUT2D eigenvalue weighted by Gasteiger charge is -1.99. The van der Waals surface area contributed by atoms with Crippen molar-refractivity contribution in [3.8, 4) is 0 Å². The van der Waals surface area contributed by atoms with Gasteiger partial charge in [0.1, 0.15) is 0 Å². The van der Waals surface area contributed by atoms with Gasteiger partial charge in [-0.1, -0.05) is 11.2 Å². The molecule has 0 atom stereocenters. The van der Waals surface area contributed by atoms with E-state index in [0.717, 1.165) is 11.8 Å². The summed E-state index contributed by atoms with van der Waals surface area (Å²) in [7, 11) is 0. The molecule has 62 valence electrons. The molecule has 0 aromatic rings. The maximum Gasteiger partial charge on any atom is 0.280 e. The van der Waals surface area contributed by atoms with Gasteiger partial charge in [-0.25, -0.2) is 0 Å². The molecule has 0 fully saturated rings. The second-order valence-corrected chi connectivity index (χ2v) is 2.40. The molecule has 1 amide bonds. The molecule has 0 rings (SSSR count). The van der Waals surface area contributed by atoms with E-state index in [2.05, 4.69) is 17.1 Å². The topological polar surface area (TPSA) is 61.7 Å². The first-order chi connectivity index (χ1) is 5.26. The number of hydrogen-bond acceptors (Lipinski definition) is 4. The Morgan fingerprint density at radius 2 is 2.55 bits per heavy atom. The summed E-state index contributed by atoms with van der Waals surface area (Å²) in [4.78, 5) is 10.9. The van der Waals surface area contributed by atoms with E-state index in [1.165, 1.54) is 0 Å². The van der Waals surface area contributed by atoms with Gasteiger partial charge >= 0.3 is 0 Å². The van der Waals surface area contributed by atoms with Gasteiger partial charge < -0.3 is 10.5 Å². The molecule has 0 spiro atoms. The highest BCUT2D eigenvalue weighted by Gasteiger charge is 2.08. The van der Waals surface area contributed by atoms with Gasteiger partial charge in [-0.3, -0.25) is 4.79 Å². The summed E-state index contributed by atoms with van der Waals surface area (Å²) in [6, 6.07) is 0. The fraction of sp³-hybridized carbons (Fsp3) is 0.333. The highest BCUT2D eigenvalue weighted by molar-refractivity contribution is 8.15. The Morgan fingerprint density at radius 3 is 2.91 bits per heavy atom. The minimum Gasteiger partial charge on any atom is -0.410 e. The first-order valence-electron chi connectivity index (χ1n) is 2.91. The summed E-state index contributed by atoms with van der Waals surface area (Å²) in [5.74, 6) is -0.389. The number of rotatable bonds is 2. The maximum atomic E-state index is 10.9. The van der Waals surface area contributed by atoms with Crippen LogP contribution in [0.2, 0.25) is 0 Å². The van der Waals surface area contributed by atoms with Crippen molar-refractivity contribution in [2.24, 2.45) is 5.16 Å². The second kappa shape index (κ2) is 5.79. The Morgan fingerprint density at radius 1 is 1.91 bits per heavy atom. The molecule has 4 nitrogen and oxygen atoms in total. The molecule has 0 aromatic carbocycles. The van der Waals surface area contributed by atoms with Crippen LogP contribution in [0.3, 0.4) is 0 Å². The molecule has 0 bridgehead atoms. The lowest BCUT2D eigenvalue weighted by atomic mass is 10.5. The van der Waals surface area contributed by atoms with E-state index in [9.17, 15) is 4.79 Å². The van der Waals surface area contributed by atoms with Crippen LogP contribution in [-0.4, -0.2) is 29.0 Å². The molecule has 0 heterocycles. The molecular formula is C6H10N2O2S. The van der Waals surface area contributed by atoms with Crippen molar-refractivity contribution in [1.82, 2.24) is 5.32 Å². The average Bonchev–Trinajstić information content (AvgIpc) is 2.03. The monoisotopic (exact) mass is 174 g/mol. The van der Waals surface area contributed by atoms with Gasteiger partial charge in [0.05, 0.1) is 0 Å². The van der Waals surface area contributed by atoms with Crippen molar-refractivity contribution >= 4 is 22.7 Å². The number of amides is 1. The number of carbonyl (C=O) groups is 1. The van der Waals surface area contributed by atoms with Crippen molar-refractivity contribution < 1.29 is 10.0 Å². The lowest BCUT2D eigenvalue weighted by Crippen LogP contribution is -2.29. The molecule has 5 heteroatoms. The number of nitrogens with zero attached hydrogens (tertiary/aromatic N) is 1. The van der Waals surface area contributed by atoms with Crippen LogP contribution < -0.4 is 5.32 Å². The summed E-state index contributed by atoms with van der Waals surface area (Å²) in [6.07, 6.45) is 3.20. The minimum absolute atomic E-state index is 0.0480. The predicted octanol–water partition coefficient (Wildman–Crippen LogP) is 0.439. The average molecular weight is 174 g/mol. The fourth-order valence-corrected chi connectivity index (χ4v) is 0.759. The first-order valence-corrected chi connectivity index (χ1v) is 4.13. The zero-order valence-corrected chi connectivity index (χ0v) is 7.02. The molecule has 0 aliphatic carbocycles. The van der Waals surface area contributed by atoms with Gasteiger partial charge in [-0.2, -0.15) is 0 Å². The van der Waals surface area contributed by atoms with Crippen LogP contribution in [0.4, 0.5) is 0 Å². The third kappa shape index (κ3) is 3.67. The van der Waals surface area contributed by atoms with Crippen LogP contribution in [0.1, 0.15) is 0 Å². The predicted molar refractivity (Wildman–Crippen MR) is 45.9 cm³/mol. The number of carbonyl (C=O) groups excluding carboxylic acids is 1. The van der Waals surface area contributed by atoms with Crippen molar-refractivity contribution in [1.29, 1.82) is 0 Å². The summed E-state index contributed by atoms with van der Waals surface area (Å²) in [5.41, 5.74) is 0. The summed E-state index contributed by atoms with van der Waals surface area (Å²) in [6.45, 7) is 3.79. The van der Waals surface area contributed by atoms with E-state index in [1.807, 2.05) is 0 Å². The van der Waals surface area contributed by atoms with E-state index < -0.39 is 0 Å². The second-order valence-electron chi connectivity index (χ2n) is 1.61. The number of thioether (sulfide) groups is 1. The van der Waals surface area contributed by atoms with Gasteiger partial charge in [0.2, 0.25) is 0 Å². The van der Waals surface area contributed by atoms with E-state index in [-0.39, 0.29) is 11.0 Å². The molecular weight excluding hydrogens is 164 g/mol. The van der Waals surface area contributed by atoms with Gasteiger partial charge in [-0.05, 0) is 6.26 Å². The van der Waals surface area contributed by atoms with Crippen LogP contribution in [-0.2, 0) is 4.79 Å². The quantitative estimate of drug-likeness (QED) is 0.210. The molecule has 0 aliphatic heterocycles. The minimum atomic E-state index is -0.389. The summed E-state index contributed by atoms with van der Waals surface area (Å²) < 4.78 is 0. The SMILES string of the molecule is C=CCNC(=O)/C(=N\O)SC. The van der Waals surface area contributed by atoms with Crippen LogP contribution in [0.15, 0.2) is 17.8 Å². The zero-order chi connectivity index (χ0) is 8.69. The van der Waals surface area contributed by atoms with E-state index in [1.54, 1.807) is 12.3 Å². The molecule has 0 saturated carbocycles. The fourth-order valence-electron chi connectivity index (χ4n) is 0.419. The number of nitrogens with one attached hydrogen (secondary N) is 1.